The molecule has 6 nitrogen and oxygen atoms in total. The molecule has 1 saturated heterocycles. The van der Waals surface area contributed by atoms with E-state index in [9.17, 15) is 5.11 Å². The van der Waals surface area contributed by atoms with E-state index in [0.717, 1.165) is 59.6 Å². The van der Waals surface area contributed by atoms with Gasteiger partial charge in [-0.3, -0.25) is 4.98 Å². The number of hydrogen-bond acceptors (Lipinski definition) is 6. The Hall–Kier alpha value is -2.01. The van der Waals surface area contributed by atoms with Crippen LogP contribution in [0.15, 0.2) is 17.6 Å². The van der Waals surface area contributed by atoms with Crippen LogP contribution in [-0.2, 0) is 0 Å². The minimum Gasteiger partial charge on any atom is -0.385 e. The number of nitrogens with zero attached hydrogens (tertiary/aromatic N) is 5. The maximum atomic E-state index is 10.3. The standard InChI is InChI=1S/C18H21N5OS/c1-12(24)18-21-15-10-20-14-5-9-25-17(14)16(15)23(18)13-4-8-22(11-13)7-3-2-6-19/h5,9-10,12-13,24H,2-4,7-8,11H2,1H3. The second-order valence-electron chi connectivity index (χ2n) is 6.65. The molecule has 0 radical (unpaired) electrons. The summed E-state index contributed by atoms with van der Waals surface area (Å²) in [5.74, 6) is 0.724. The summed E-state index contributed by atoms with van der Waals surface area (Å²) in [4.78, 5) is 11.6. The van der Waals surface area contributed by atoms with Gasteiger partial charge in [0.2, 0.25) is 0 Å². The number of aliphatic hydroxyl groups excluding tert-OH is 1. The third-order valence-electron chi connectivity index (χ3n) is 4.90. The fraction of sp³-hybridized carbons (Fsp3) is 0.500. The molecule has 0 aliphatic carbocycles. The van der Waals surface area contributed by atoms with Gasteiger partial charge in [-0.25, -0.2) is 4.98 Å². The minimum atomic E-state index is -0.616. The Kier molecular flexibility index (Phi) is 4.42. The van der Waals surface area contributed by atoms with Crippen LogP contribution in [0.2, 0.25) is 0 Å². The van der Waals surface area contributed by atoms with E-state index >= 15 is 0 Å². The van der Waals surface area contributed by atoms with E-state index in [1.807, 2.05) is 12.3 Å². The molecule has 130 valence electrons. The first kappa shape index (κ1) is 16.5. The third kappa shape index (κ3) is 2.91. The lowest BCUT2D eigenvalue weighted by atomic mass is 10.2. The van der Waals surface area contributed by atoms with Crippen molar-refractivity contribution in [1.29, 1.82) is 5.26 Å². The highest BCUT2D eigenvalue weighted by molar-refractivity contribution is 7.18. The van der Waals surface area contributed by atoms with Crippen molar-refractivity contribution in [3.8, 4) is 6.07 Å². The Morgan fingerprint density at radius 1 is 1.48 bits per heavy atom. The summed E-state index contributed by atoms with van der Waals surface area (Å²) in [6.07, 6.45) is 3.75. The monoisotopic (exact) mass is 355 g/mol. The third-order valence-corrected chi connectivity index (χ3v) is 5.81. The summed E-state index contributed by atoms with van der Waals surface area (Å²) in [5, 5.41) is 21.1. The number of hydrogen-bond donors (Lipinski definition) is 1. The van der Waals surface area contributed by atoms with Crippen LogP contribution in [0.5, 0.6) is 0 Å². The molecule has 4 rings (SSSR count). The summed E-state index contributed by atoms with van der Waals surface area (Å²) >= 11 is 1.68. The van der Waals surface area contributed by atoms with Gasteiger partial charge in [-0.2, -0.15) is 5.26 Å². The highest BCUT2D eigenvalue weighted by Crippen LogP contribution is 2.35. The molecule has 4 heterocycles. The number of rotatable bonds is 5. The summed E-state index contributed by atoms with van der Waals surface area (Å²) in [5.41, 5.74) is 2.94. The molecule has 0 amide bonds. The van der Waals surface area contributed by atoms with Crippen molar-refractivity contribution in [3.05, 3.63) is 23.5 Å². The summed E-state index contributed by atoms with van der Waals surface area (Å²) in [6, 6.07) is 4.54. The van der Waals surface area contributed by atoms with Gasteiger partial charge >= 0.3 is 0 Å². The SMILES string of the molecule is CC(O)c1nc2cnc3ccsc3c2n1C1CCN(CCCC#N)C1. The van der Waals surface area contributed by atoms with Gasteiger partial charge in [-0.1, -0.05) is 0 Å². The maximum Gasteiger partial charge on any atom is 0.138 e. The van der Waals surface area contributed by atoms with Crippen LogP contribution in [0.4, 0.5) is 0 Å². The number of pyridine rings is 1. The first-order chi connectivity index (χ1) is 12.2. The molecule has 7 heteroatoms. The zero-order valence-corrected chi connectivity index (χ0v) is 15.0. The second-order valence-corrected chi connectivity index (χ2v) is 7.56. The van der Waals surface area contributed by atoms with E-state index in [-0.39, 0.29) is 0 Å². The lowest BCUT2D eigenvalue weighted by molar-refractivity contribution is 0.181. The molecular formula is C18H21N5OS. The van der Waals surface area contributed by atoms with E-state index in [1.54, 1.807) is 18.3 Å². The van der Waals surface area contributed by atoms with Crippen molar-refractivity contribution in [2.24, 2.45) is 0 Å². The van der Waals surface area contributed by atoms with E-state index < -0.39 is 6.10 Å². The zero-order valence-electron chi connectivity index (χ0n) is 14.2. The predicted molar refractivity (Wildman–Crippen MR) is 98.5 cm³/mol. The number of thiophene rings is 1. The van der Waals surface area contributed by atoms with Crippen molar-refractivity contribution in [3.63, 3.8) is 0 Å². The van der Waals surface area contributed by atoms with Crippen molar-refractivity contribution < 1.29 is 5.11 Å². The van der Waals surface area contributed by atoms with Crippen molar-refractivity contribution in [2.45, 2.75) is 38.3 Å². The van der Waals surface area contributed by atoms with Crippen molar-refractivity contribution in [1.82, 2.24) is 19.4 Å². The van der Waals surface area contributed by atoms with E-state index in [2.05, 4.69) is 30.9 Å². The fourth-order valence-electron chi connectivity index (χ4n) is 3.77. The Bertz CT molecular complexity index is 938. The van der Waals surface area contributed by atoms with Gasteiger partial charge in [0.1, 0.15) is 17.4 Å². The first-order valence-corrected chi connectivity index (χ1v) is 9.58. The zero-order chi connectivity index (χ0) is 17.4. The van der Waals surface area contributed by atoms with Crippen molar-refractivity contribution in [2.75, 3.05) is 19.6 Å². The Morgan fingerprint density at radius 3 is 3.16 bits per heavy atom. The van der Waals surface area contributed by atoms with Gasteiger partial charge in [0.25, 0.3) is 0 Å². The van der Waals surface area contributed by atoms with Gasteiger partial charge in [-0.05, 0) is 37.8 Å². The van der Waals surface area contributed by atoms with Gasteiger partial charge in [0.15, 0.2) is 0 Å². The smallest absolute Gasteiger partial charge is 0.138 e. The number of aromatic nitrogens is 3. The molecule has 0 bridgehead atoms. The lowest BCUT2D eigenvalue weighted by Crippen LogP contribution is -2.23. The molecular weight excluding hydrogens is 334 g/mol. The molecule has 1 N–H and O–H groups in total. The number of fused-ring (bicyclic) bond motifs is 3. The highest BCUT2D eigenvalue weighted by atomic mass is 32.1. The highest BCUT2D eigenvalue weighted by Gasteiger charge is 2.29. The van der Waals surface area contributed by atoms with E-state index in [0.29, 0.717) is 12.5 Å². The fourth-order valence-corrected chi connectivity index (χ4v) is 4.66. The number of nitriles is 1. The van der Waals surface area contributed by atoms with Crippen LogP contribution in [0.1, 0.15) is 44.2 Å². The number of likely N-dealkylation sites (tertiary alicyclic amines) is 1. The molecule has 1 aliphatic rings. The van der Waals surface area contributed by atoms with Crippen LogP contribution < -0.4 is 0 Å². The van der Waals surface area contributed by atoms with Crippen LogP contribution in [0.25, 0.3) is 21.3 Å². The summed E-state index contributed by atoms with van der Waals surface area (Å²) in [7, 11) is 0. The maximum absolute atomic E-state index is 10.3. The summed E-state index contributed by atoms with van der Waals surface area (Å²) in [6.45, 7) is 4.69. The Labute approximate surface area is 150 Å². The van der Waals surface area contributed by atoms with Gasteiger partial charge in [0.05, 0.1) is 28.0 Å². The largest absolute Gasteiger partial charge is 0.385 e. The molecule has 1 fully saturated rings. The Balaban J connectivity index is 1.74. The minimum absolute atomic E-state index is 0.296. The quantitative estimate of drug-likeness (QED) is 0.711. The number of aliphatic hydroxyl groups is 1. The van der Waals surface area contributed by atoms with Crippen LogP contribution in [0, 0.1) is 11.3 Å². The average molecular weight is 355 g/mol. The number of unbranched alkanes of at least 4 members (excludes halogenated alkanes) is 1. The topological polar surface area (TPSA) is 78.0 Å². The molecule has 25 heavy (non-hydrogen) atoms. The van der Waals surface area contributed by atoms with Gasteiger partial charge in [-0.15, -0.1) is 11.3 Å². The normalized spacial score (nSPS) is 19.6. The number of imidazole rings is 1. The van der Waals surface area contributed by atoms with E-state index in [4.69, 9.17) is 5.26 Å². The molecule has 2 atom stereocenters. The van der Waals surface area contributed by atoms with Gasteiger partial charge < -0.3 is 14.6 Å². The first-order valence-electron chi connectivity index (χ1n) is 8.70. The van der Waals surface area contributed by atoms with Crippen LogP contribution >= 0.6 is 11.3 Å². The van der Waals surface area contributed by atoms with E-state index in [1.165, 1.54) is 0 Å². The molecule has 3 aromatic heterocycles. The lowest BCUT2D eigenvalue weighted by Gasteiger charge is -2.19. The van der Waals surface area contributed by atoms with Gasteiger partial charge in [0, 0.05) is 25.6 Å². The molecule has 0 spiro atoms. The Morgan fingerprint density at radius 2 is 2.36 bits per heavy atom. The summed E-state index contributed by atoms with van der Waals surface area (Å²) < 4.78 is 3.38. The molecule has 2 unspecified atom stereocenters. The second kappa shape index (κ2) is 6.71. The molecule has 1 aliphatic heterocycles. The molecule has 3 aromatic rings. The van der Waals surface area contributed by atoms with Crippen LogP contribution in [0.3, 0.4) is 0 Å². The van der Waals surface area contributed by atoms with Crippen LogP contribution in [-0.4, -0.2) is 44.2 Å². The molecule has 0 aromatic carbocycles. The predicted octanol–water partition coefficient (Wildman–Crippen LogP) is 3.25. The average Bonchev–Trinajstić information content (AvgIpc) is 3.31. The van der Waals surface area contributed by atoms with Crippen molar-refractivity contribution >= 4 is 32.6 Å². The molecule has 0 saturated carbocycles.